The van der Waals surface area contributed by atoms with Crippen LogP contribution in [0.5, 0.6) is 0 Å². The number of hydrogen-bond donors (Lipinski definition) is 2. The van der Waals surface area contributed by atoms with Gasteiger partial charge in [-0.2, -0.15) is 0 Å². The summed E-state index contributed by atoms with van der Waals surface area (Å²) in [6, 6.07) is 7.38. The van der Waals surface area contributed by atoms with E-state index >= 15 is 0 Å². The summed E-state index contributed by atoms with van der Waals surface area (Å²) in [6.07, 6.45) is -0.367. The van der Waals surface area contributed by atoms with E-state index in [4.69, 9.17) is 9.84 Å². The van der Waals surface area contributed by atoms with Gasteiger partial charge in [-0.25, -0.2) is 4.79 Å². The maximum Gasteiger partial charge on any atom is 0.412 e. The van der Waals surface area contributed by atoms with E-state index in [1.54, 1.807) is 12.1 Å². The first-order chi connectivity index (χ1) is 10.2. The Morgan fingerprint density at radius 3 is 2.32 bits per heavy atom. The molecule has 0 bridgehead atoms. The van der Waals surface area contributed by atoms with Crippen molar-refractivity contribution in [3.05, 3.63) is 29.8 Å². The van der Waals surface area contributed by atoms with Gasteiger partial charge in [0.05, 0.1) is 6.42 Å². The Kier molecular flexibility index (Phi) is 6.37. The number of nitrogens with one attached hydrogen (secondary N) is 1. The number of nitrogens with zero attached hydrogens (tertiary/aromatic N) is 1. The molecule has 0 atom stereocenters. The van der Waals surface area contributed by atoms with Crippen LogP contribution in [0.15, 0.2) is 24.3 Å². The molecule has 0 aromatic heterocycles. The Bertz CT molecular complexity index is 506. The summed E-state index contributed by atoms with van der Waals surface area (Å²) in [6.45, 7) is 6.57. The molecule has 0 aliphatic rings. The average molecular weight is 308 g/mol. The molecule has 0 spiro atoms. The molecule has 1 aromatic carbocycles. The first-order valence-electron chi connectivity index (χ1n) is 7.15. The largest absolute Gasteiger partial charge is 0.481 e. The van der Waals surface area contributed by atoms with Crippen molar-refractivity contribution in [3.8, 4) is 0 Å². The molecular weight excluding hydrogens is 284 g/mol. The van der Waals surface area contributed by atoms with Gasteiger partial charge in [-0.15, -0.1) is 0 Å². The summed E-state index contributed by atoms with van der Waals surface area (Å²) in [7, 11) is 1.87. The highest BCUT2D eigenvalue weighted by atomic mass is 16.6. The Balaban J connectivity index is 2.49. The number of ether oxygens (including phenoxy) is 1. The van der Waals surface area contributed by atoms with E-state index in [1.165, 1.54) is 0 Å². The van der Waals surface area contributed by atoms with E-state index in [0.29, 0.717) is 18.8 Å². The third-order valence-corrected chi connectivity index (χ3v) is 2.76. The number of aliphatic carboxylic acids is 1. The predicted octanol–water partition coefficient (Wildman–Crippen LogP) is 2.94. The van der Waals surface area contributed by atoms with Crippen LogP contribution in [0.3, 0.4) is 0 Å². The van der Waals surface area contributed by atoms with Gasteiger partial charge in [0.15, 0.2) is 0 Å². The third-order valence-electron chi connectivity index (χ3n) is 2.76. The molecule has 0 aliphatic heterocycles. The maximum atomic E-state index is 11.6. The van der Waals surface area contributed by atoms with Crippen LogP contribution in [0.1, 0.15) is 32.8 Å². The molecule has 122 valence electrons. The molecular formula is C16H24N2O4. The first-order valence-corrected chi connectivity index (χ1v) is 7.15. The number of rotatable bonds is 6. The molecule has 0 radical (unpaired) electrons. The van der Waals surface area contributed by atoms with Crippen molar-refractivity contribution in [1.82, 2.24) is 4.90 Å². The molecule has 0 aliphatic carbocycles. The highest BCUT2D eigenvalue weighted by molar-refractivity contribution is 5.84. The van der Waals surface area contributed by atoms with Crippen molar-refractivity contribution in [2.75, 3.05) is 18.9 Å². The molecule has 0 heterocycles. The summed E-state index contributed by atoms with van der Waals surface area (Å²) >= 11 is 0. The number of carbonyl (C=O) groups excluding carboxylic acids is 1. The summed E-state index contributed by atoms with van der Waals surface area (Å²) in [4.78, 5) is 24.1. The van der Waals surface area contributed by atoms with E-state index in [2.05, 4.69) is 5.32 Å². The van der Waals surface area contributed by atoms with Crippen LogP contribution in [-0.4, -0.2) is 41.3 Å². The number of carboxylic acid groups (broad SMARTS) is 1. The van der Waals surface area contributed by atoms with Crippen molar-refractivity contribution >= 4 is 17.7 Å². The van der Waals surface area contributed by atoms with Crippen molar-refractivity contribution in [2.45, 2.75) is 39.3 Å². The molecule has 6 nitrogen and oxygen atoms in total. The minimum absolute atomic E-state index is 0.120. The highest BCUT2D eigenvalue weighted by Crippen LogP contribution is 2.13. The van der Waals surface area contributed by atoms with Crippen molar-refractivity contribution < 1.29 is 19.4 Å². The second kappa shape index (κ2) is 7.79. The van der Waals surface area contributed by atoms with E-state index in [-0.39, 0.29) is 6.42 Å². The van der Waals surface area contributed by atoms with E-state index in [9.17, 15) is 9.59 Å². The van der Waals surface area contributed by atoms with Crippen LogP contribution in [0.2, 0.25) is 0 Å². The predicted molar refractivity (Wildman–Crippen MR) is 84.9 cm³/mol. The molecule has 0 saturated carbocycles. The van der Waals surface area contributed by atoms with Gasteiger partial charge in [0.2, 0.25) is 0 Å². The lowest BCUT2D eigenvalue weighted by molar-refractivity contribution is -0.137. The van der Waals surface area contributed by atoms with Crippen LogP contribution in [0.25, 0.3) is 0 Å². The molecule has 2 N–H and O–H groups in total. The van der Waals surface area contributed by atoms with Gasteiger partial charge >= 0.3 is 12.1 Å². The molecule has 0 saturated heterocycles. The molecule has 1 aromatic rings. The molecule has 6 heteroatoms. The van der Waals surface area contributed by atoms with Crippen LogP contribution in [-0.2, 0) is 16.1 Å². The number of anilines is 1. The fourth-order valence-electron chi connectivity index (χ4n) is 1.79. The normalized spacial score (nSPS) is 11.3. The Morgan fingerprint density at radius 2 is 1.82 bits per heavy atom. The van der Waals surface area contributed by atoms with Crippen LogP contribution >= 0.6 is 0 Å². The van der Waals surface area contributed by atoms with Gasteiger partial charge < -0.3 is 14.7 Å². The SMILES string of the molecule is CN(CCC(=O)O)Cc1ccc(NC(=O)OC(C)(C)C)cc1. The monoisotopic (exact) mass is 308 g/mol. The van der Waals surface area contributed by atoms with Gasteiger partial charge in [0.25, 0.3) is 0 Å². The molecule has 1 rings (SSSR count). The minimum Gasteiger partial charge on any atom is -0.481 e. The van der Waals surface area contributed by atoms with Crippen LogP contribution in [0.4, 0.5) is 10.5 Å². The summed E-state index contributed by atoms with van der Waals surface area (Å²) in [5.74, 6) is -0.802. The van der Waals surface area contributed by atoms with Crippen molar-refractivity contribution in [2.24, 2.45) is 0 Å². The van der Waals surface area contributed by atoms with Crippen LogP contribution in [0, 0.1) is 0 Å². The fourth-order valence-corrected chi connectivity index (χ4v) is 1.79. The first kappa shape index (κ1) is 18.0. The molecule has 0 unspecified atom stereocenters. The standard InChI is InChI=1S/C16H24N2O4/c1-16(2,3)22-15(21)17-13-7-5-12(6-8-13)11-18(4)10-9-14(19)20/h5-8H,9-11H2,1-4H3,(H,17,21)(H,19,20). The lowest BCUT2D eigenvalue weighted by atomic mass is 10.2. The lowest BCUT2D eigenvalue weighted by Crippen LogP contribution is -2.27. The van der Waals surface area contributed by atoms with Gasteiger partial charge in [-0.3, -0.25) is 10.1 Å². The zero-order valence-corrected chi connectivity index (χ0v) is 13.5. The van der Waals surface area contributed by atoms with Gasteiger partial charge in [-0.05, 0) is 45.5 Å². The number of hydrogen-bond acceptors (Lipinski definition) is 4. The van der Waals surface area contributed by atoms with Crippen molar-refractivity contribution in [1.29, 1.82) is 0 Å². The number of carbonyl (C=O) groups is 2. The Labute approximate surface area is 131 Å². The summed E-state index contributed by atoms with van der Waals surface area (Å²) in [5.41, 5.74) is 1.17. The van der Waals surface area contributed by atoms with E-state index in [1.807, 2.05) is 44.9 Å². The lowest BCUT2D eigenvalue weighted by Gasteiger charge is -2.20. The topological polar surface area (TPSA) is 78.9 Å². The van der Waals surface area contributed by atoms with Crippen molar-refractivity contribution in [3.63, 3.8) is 0 Å². The van der Waals surface area contributed by atoms with Crippen LogP contribution < -0.4 is 5.32 Å². The summed E-state index contributed by atoms with van der Waals surface area (Å²) in [5, 5.41) is 11.3. The molecule has 0 fully saturated rings. The van der Waals surface area contributed by atoms with E-state index < -0.39 is 17.7 Å². The quantitative estimate of drug-likeness (QED) is 0.844. The average Bonchev–Trinajstić information content (AvgIpc) is 2.36. The second-order valence-electron chi connectivity index (χ2n) is 6.21. The number of amides is 1. The van der Waals surface area contributed by atoms with E-state index in [0.717, 1.165) is 5.56 Å². The van der Waals surface area contributed by atoms with Gasteiger partial charge in [-0.1, -0.05) is 12.1 Å². The highest BCUT2D eigenvalue weighted by Gasteiger charge is 2.16. The third kappa shape index (κ3) is 7.64. The number of carboxylic acids is 1. The molecule has 22 heavy (non-hydrogen) atoms. The number of benzene rings is 1. The minimum atomic E-state index is -0.802. The smallest absolute Gasteiger partial charge is 0.412 e. The zero-order valence-electron chi connectivity index (χ0n) is 13.5. The fraction of sp³-hybridized carbons (Fsp3) is 0.500. The zero-order chi connectivity index (χ0) is 16.8. The molecule has 1 amide bonds. The second-order valence-corrected chi connectivity index (χ2v) is 6.21. The Morgan fingerprint density at radius 1 is 1.23 bits per heavy atom. The van der Waals surface area contributed by atoms with Gasteiger partial charge in [0, 0.05) is 18.8 Å². The van der Waals surface area contributed by atoms with Gasteiger partial charge in [0.1, 0.15) is 5.60 Å². The summed E-state index contributed by atoms with van der Waals surface area (Å²) < 4.78 is 5.18. The maximum absolute atomic E-state index is 11.6. The Hall–Kier alpha value is -2.08.